The molecule has 0 heterocycles. The lowest BCUT2D eigenvalue weighted by Crippen LogP contribution is -2.83. The fourth-order valence-electron chi connectivity index (χ4n) is 1.70. The molecule has 1 rings (SSSR count). The number of nitrogens with two attached hydrogens (primary N) is 1. The van der Waals surface area contributed by atoms with Gasteiger partial charge in [-0.25, -0.2) is 0 Å². The molecule has 0 spiro atoms. The van der Waals surface area contributed by atoms with Crippen LogP contribution in [0.3, 0.4) is 0 Å². The van der Waals surface area contributed by atoms with Crippen molar-refractivity contribution in [2.45, 2.75) is 20.4 Å². The molecule has 0 aliphatic carbocycles. The summed E-state index contributed by atoms with van der Waals surface area (Å²) >= 11 is 3.56. The minimum Gasteiger partial charge on any atom is -0.493 e. The van der Waals surface area contributed by atoms with E-state index in [0.29, 0.717) is 17.4 Å². The van der Waals surface area contributed by atoms with Crippen LogP contribution in [0.15, 0.2) is 16.6 Å². The number of ether oxygens (including phenoxy) is 2. The first kappa shape index (κ1) is 15.9. The highest BCUT2D eigenvalue weighted by atomic mass is 79.9. The van der Waals surface area contributed by atoms with Crippen molar-refractivity contribution < 1.29 is 14.8 Å². The zero-order valence-corrected chi connectivity index (χ0v) is 13.3. The van der Waals surface area contributed by atoms with Crippen LogP contribution in [-0.2, 0) is 6.54 Å². The lowest BCUT2D eigenvalue weighted by Gasteiger charge is -2.12. The average molecular weight is 327 g/mol. The number of quaternary nitrogens is 1. The SMILES string of the molecule is C#CCOc1cc(Br)c(C[NH2+]CC(C)C)cc1OC. The average Bonchev–Trinajstić information content (AvgIpc) is 2.38. The van der Waals surface area contributed by atoms with Gasteiger partial charge in [-0.3, -0.25) is 0 Å². The number of terminal acetylenes is 1. The summed E-state index contributed by atoms with van der Waals surface area (Å²) in [5.41, 5.74) is 1.19. The van der Waals surface area contributed by atoms with Crippen LogP contribution in [0, 0.1) is 18.3 Å². The molecule has 0 atom stereocenters. The highest BCUT2D eigenvalue weighted by molar-refractivity contribution is 9.10. The number of hydrogen-bond acceptors (Lipinski definition) is 2. The quantitative estimate of drug-likeness (QED) is 0.779. The zero-order valence-electron chi connectivity index (χ0n) is 11.7. The van der Waals surface area contributed by atoms with E-state index in [1.54, 1.807) is 7.11 Å². The maximum atomic E-state index is 5.45. The second-order valence-electron chi connectivity index (χ2n) is 4.71. The lowest BCUT2D eigenvalue weighted by atomic mass is 10.2. The summed E-state index contributed by atoms with van der Waals surface area (Å²) in [6.07, 6.45) is 5.20. The van der Waals surface area contributed by atoms with Crippen molar-refractivity contribution in [3.63, 3.8) is 0 Å². The third kappa shape index (κ3) is 5.14. The summed E-state index contributed by atoms with van der Waals surface area (Å²) in [5.74, 6) is 4.51. The fourth-order valence-corrected chi connectivity index (χ4v) is 2.18. The van der Waals surface area contributed by atoms with E-state index in [-0.39, 0.29) is 6.61 Å². The largest absolute Gasteiger partial charge is 0.493 e. The molecule has 1 aromatic carbocycles. The van der Waals surface area contributed by atoms with Gasteiger partial charge in [-0.1, -0.05) is 35.7 Å². The van der Waals surface area contributed by atoms with Crippen molar-refractivity contribution in [3.8, 4) is 23.8 Å². The van der Waals surface area contributed by atoms with E-state index >= 15 is 0 Å². The molecule has 0 saturated carbocycles. The molecule has 4 heteroatoms. The summed E-state index contributed by atoms with van der Waals surface area (Å²) in [6.45, 7) is 6.67. The predicted molar refractivity (Wildman–Crippen MR) is 80.4 cm³/mol. The zero-order chi connectivity index (χ0) is 14.3. The van der Waals surface area contributed by atoms with E-state index in [1.165, 1.54) is 5.56 Å². The number of hydrogen-bond donors (Lipinski definition) is 1. The van der Waals surface area contributed by atoms with Crippen molar-refractivity contribution >= 4 is 15.9 Å². The minimum atomic E-state index is 0.238. The van der Waals surface area contributed by atoms with Gasteiger partial charge in [-0.15, -0.1) is 6.42 Å². The Hall–Kier alpha value is -1.18. The topological polar surface area (TPSA) is 35.1 Å². The molecular formula is C15H21BrNO2+. The Morgan fingerprint density at radius 1 is 1.37 bits per heavy atom. The maximum absolute atomic E-state index is 5.45. The van der Waals surface area contributed by atoms with Crippen LogP contribution in [-0.4, -0.2) is 20.3 Å². The first-order chi connectivity index (χ1) is 9.08. The van der Waals surface area contributed by atoms with Gasteiger partial charge in [0.15, 0.2) is 11.5 Å². The van der Waals surface area contributed by atoms with Crippen LogP contribution >= 0.6 is 15.9 Å². The van der Waals surface area contributed by atoms with E-state index in [0.717, 1.165) is 17.6 Å². The summed E-state index contributed by atoms with van der Waals surface area (Å²) in [5, 5.41) is 2.28. The van der Waals surface area contributed by atoms with Crippen molar-refractivity contribution in [2.75, 3.05) is 20.3 Å². The standard InChI is InChI=1S/C15H20BrNO2/c1-5-6-19-15-8-13(16)12(7-14(15)18-4)10-17-9-11(2)3/h1,7-8,11,17H,6,9-10H2,2-4H3/p+1. The van der Waals surface area contributed by atoms with Gasteiger partial charge in [0.1, 0.15) is 13.2 Å². The second-order valence-corrected chi connectivity index (χ2v) is 5.56. The Bertz CT molecular complexity index is 452. The minimum absolute atomic E-state index is 0.238. The Morgan fingerprint density at radius 2 is 2.11 bits per heavy atom. The summed E-state index contributed by atoms with van der Waals surface area (Å²) in [7, 11) is 1.63. The van der Waals surface area contributed by atoms with Gasteiger partial charge in [-0.2, -0.15) is 0 Å². The van der Waals surface area contributed by atoms with Gasteiger partial charge in [0.25, 0.3) is 0 Å². The molecule has 1 aromatic rings. The number of methoxy groups -OCH3 is 1. The van der Waals surface area contributed by atoms with Crippen LogP contribution in [0.2, 0.25) is 0 Å². The summed E-state index contributed by atoms with van der Waals surface area (Å²) in [4.78, 5) is 0. The van der Waals surface area contributed by atoms with E-state index in [2.05, 4.69) is 41.0 Å². The highest BCUT2D eigenvalue weighted by Gasteiger charge is 2.11. The fraction of sp³-hybridized carbons (Fsp3) is 0.467. The Labute approximate surface area is 123 Å². The summed E-state index contributed by atoms with van der Waals surface area (Å²) in [6, 6.07) is 3.90. The van der Waals surface area contributed by atoms with Crippen LogP contribution < -0.4 is 14.8 Å². The van der Waals surface area contributed by atoms with E-state index in [9.17, 15) is 0 Å². The van der Waals surface area contributed by atoms with Crippen molar-refractivity contribution in [1.82, 2.24) is 0 Å². The third-order valence-corrected chi connectivity index (χ3v) is 3.38. The summed E-state index contributed by atoms with van der Waals surface area (Å²) < 4.78 is 11.8. The predicted octanol–water partition coefficient (Wildman–Crippen LogP) is 2.19. The molecule has 2 N–H and O–H groups in total. The maximum Gasteiger partial charge on any atom is 0.163 e. The van der Waals surface area contributed by atoms with Crippen LogP contribution in [0.1, 0.15) is 19.4 Å². The molecule has 0 aliphatic rings. The van der Waals surface area contributed by atoms with Gasteiger partial charge < -0.3 is 14.8 Å². The number of rotatable bonds is 7. The molecule has 0 bridgehead atoms. The van der Waals surface area contributed by atoms with Gasteiger partial charge in [0, 0.05) is 16.0 Å². The molecule has 104 valence electrons. The van der Waals surface area contributed by atoms with Crippen LogP contribution in [0.4, 0.5) is 0 Å². The number of benzene rings is 1. The Kier molecular flexibility index (Phi) is 6.75. The molecule has 0 aromatic heterocycles. The molecule has 0 unspecified atom stereocenters. The molecule has 0 radical (unpaired) electrons. The molecule has 0 saturated heterocycles. The lowest BCUT2D eigenvalue weighted by molar-refractivity contribution is -0.675. The smallest absolute Gasteiger partial charge is 0.163 e. The molecule has 0 fully saturated rings. The molecular weight excluding hydrogens is 306 g/mol. The van der Waals surface area contributed by atoms with Gasteiger partial charge in [-0.05, 0) is 12.1 Å². The normalized spacial score (nSPS) is 10.3. The van der Waals surface area contributed by atoms with Gasteiger partial charge >= 0.3 is 0 Å². The van der Waals surface area contributed by atoms with Crippen molar-refractivity contribution in [1.29, 1.82) is 0 Å². The second kappa shape index (κ2) is 8.08. The van der Waals surface area contributed by atoms with Crippen LogP contribution in [0.25, 0.3) is 0 Å². The van der Waals surface area contributed by atoms with Gasteiger partial charge in [0.05, 0.1) is 13.7 Å². The van der Waals surface area contributed by atoms with E-state index in [1.807, 2.05) is 12.1 Å². The molecule has 0 aliphatic heterocycles. The Morgan fingerprint density at radius 3 is 2.68 bits per heavy atom. The third-order valence-electron chi connectivity index (χ3n) is 2.65. The molecule has 19 heavy (non-hydrogen) atoms. The first-order valence-corrected chi connectivity index (χ1v) is 7.12. The molecule has 3 nitrogen and oxygen atoms in total. The highest BCUT2D eigenvalue weighted by Crippen LogP contribution is 2.33. The van der Waals surface area contributed by atoms with E-state index in [4.69, 9.17) is 15.9 Å². The van der Waals surface area contributed by atoms with E-state index < -0.39 is 0 Å². The number of halogens is 1. The van der Waals surface area contributed by atoms with Crippen LogP contribution in [0.5, 0.6) is 11.5 Å². The van der Waals surface area contributed by atoms with Crippen molar-refractivity contribution in [3.05, 3.63) is 22.2 Å². The Balaban J connectivity index is 2.81. The first-order valence-electron chi connectivity index (χ1n) is 6.32. The van der Waals surface area contributed by atoms with Gasteiger partial charge in [0.2, 0.25) is 0 Å². The molecule has 0 amide bonds. The van der Waals surface area contributed by atoms with Crippen molar-refractivity contribution in [2.24, 2.45) is 5.92 Å². The monoisotopic (exact) mass is 326 g/mol.